The van der Waals surface area contributed by atoms with Crippen LogP contribution in [0.5, 0.6) is 0 Å². The van der Waals surface area contributed by atoms with Crippen molar-refractivity contribution in [3.05, 3.63) is 52.1 Å². The Hall–Kier alpha value is -1.58. The second-order valence-corrected chi connectivity index (χ2v) is 4.24. The highest BCUT2D eigenvalue weighted by molar-refractivity contribution is 6.42. The number of carbonyl (C=O) groups excluding carboxylic acids is 1. The van der Waals surface area contributed by atoms with Crippen LogP contribution in [0.4, 0.5) is 0 Å². The Kier molecular flexibility index (Phi) is 3.31. The van der Waals surface area contributed by atoms with Crippen LogP contribution in [0.2, 0.25) is 10.0 Å². The molecule has 1 heterocycles. The zero-order chi connectivity index (χ0) is 12.4. The first-order valence-corrected chi connectivity index (χ1v) is 5.55. The summed E-state index contributed by atoms with van der Waals surface area (Å²) >= 11 is 11.7. The van der Waals surface area contributed by atoms with Crippen LogP contribution in [0, 0.1) is 0 Å². The number of nitrogens with zero attached hydrogens (tertiary/aromatic N) is 1. The van der Waals surface area contributed by atoms with Gasteiger partial charge in [-0.05, 0) is 24.3 Å². The van der Waals surface area contributed by atoms with Crippen LogP contribution in [0.15, 0.2) is 36.5 Å². The molecule has 0 atom stereocenters. The third kappa shape index (κ3) is 2.57. The van der Waals surface area contributed by atoms with E-state index in [0.29, 0.717) is 21.3 Å². The number of aromatic nitrogens is 1. The van der Waals surface area contributed by atoms with Crippen LogP contribution in [-0.2, 0) is 0 Å². The molecular weight excluding hydrogens is 259 g/mol. The number of carbonyl (C=O) groups is 1. The number of pyridine rings is 1. The molecule has 0 spiro atoms. The fourth-order valence-electron chi connectivity index (χ4n) is 1.37. The van der Waals surface area contributed by atoms with Crippen molar-refractivity contribution in [3.63, 3.8) is 0 Å². The van der Waals surface area contributed by atoms with Gasteiger partial charge in [0.05, 0.1) is 21.3 Å². The Labute approximate surface area is 108 Å². The van der Waals surface area contributed by atoms with Crippen LogP contribution in [-0.4, -0.2) is 10.9 Å². The predicted molar refractivity (Wildman–Crippen MR) is 68.2 cm³/mol. The smallest absolute Gasteiger partial charge is 0.250 e. The highest BCUT2D eigenvalue weighted by Crippen LogP contribution is 2.27. The molecule has 0 saturated heterocycles. The summed E-state index contributed by atoms with van der Waals surface area (Å²) in [5, 5.41) is 0.953. The average molecular weight is 267 g/mol. The van der Waals surface area contributed by atoms with E-state index in [9.17, 15) is 4.79 Å². The summed E-state index contributed by atoms with van der Waals surface area (Å²) in [5.41, 5.74) is 7.03. The topological polar surface area (TPSA) is 56.0 Å². The molecule has 0 aliphatic carbocycles. The first kappa shape index (κ1) is 11.9. The Morgan fingerprint density at radius 2 is 1.88 bits per heavy atom. The molecule has 1 aromatic heterocycles. The predicted octanol–water partition coefficient (Wildman–Crippen LogP) is 3.15. The van der Waals surface area contributed by atoms with Crippen LogP contribution in [0.25, 0.3) is 11.3 Å². The van der Waals surface area contributed by atoms with Crippen molar-refractivity contribution in [2.45, 2.75) is 0 Å². The Bertz CT molecular complexity index is 567. The van der Waals surface area contributed by atoms with Crippen molar-refractivity contribution in [2.75, 3.05) is 0 Å². The second-order valence-electron chi connectivity index (χ2n) is 3.43. The Morgan fingerprint density at radius 3 is 2.41 bits per heavy atom. The minimum absolute atomic E-state index is 0.369. The second kappa shape index (κ2) is 4.73. The SMILES string of the molecule is NC(=O)c1ccc(-c2ccc(Cl)c(Cl)c2)nc1. The van der Waals surface area contributed by atoms with E-state index in [1.54, 1.807) is 30.3 Å². The van der Waals surface area contributed by atoms with E-state index in [0.717, 1.165) is 5.56 Å². The summed E-state index contributed by atoms with van der Waals surface area (Å²) in [7, 11) is 0. The molecule has 17 heavy (non-hydrogen) atoms. The average Bonchev–Trinajstić information content (AvgIpc) is 2.33. The van der Waals surface area contributed by atoms with Gasteiger partial charge < -0.3 is 5.73 Å². The summed E-state index contributed by atoms with van der Waals surface area (Å²) in [6.45, 7) is 0. The summed E-state index contributed by atoms with van der Waals surface area (Å²) in [4.78, 5) is 15.0. The van der Waals surface area contributed by atoms with E-state index in [-0.39, 0.29) is 0 Å². The van der Waals surface area contributed by atoms with Gasteiger partial charge in [-0.1, -0.05) is 29.3 Å². The largest absolute Gasteiger partial charge is 0.366 e. The molecule has 0 aliphatic rings. The third-order valence-corrected chi connectivity index (χ3v) is 3.00. The molecule has 2 aromatic rings. The molecule has 0 fully saturated rings. The molecule has 2 rings (SSSR count). The number of benzene rings is 1. The maximum Gasteiger partial charge on any atom is 0.250 e. The van der Waals surface area contributed by atoms with Crippen molar-refractivity contribution in [1.82, 2.24) is 4.98 Å². The highest BCUT2D eigenvalue weighted by Gasteiger charge is 2.05. The van der Waals surface area contributed by atoms with Crippen LogP contribution < -0.4 is 5.73 Å². The Morgan fingerprint density at radius 1 is 1.12 bits per heavy atom. The standard InChI is InChI=1S/C12H8Cl2N2O/c13-9-3-1-7(5-10(9)14)11-4-2-8(6-16-11)12(15)17/h1-6H,(H2,15,17). The first-order chi connectivity index (χ1) is 8.08. The number of rotatable bonds is 2. The van der Waals surface area contributed by atoms with Gasteiger partial charge in [-0.25, -0.2) is 0 Å². The molecule has 0 unspecified atom stereocenters. The molecular formula is C12H8Cl2N2O. The minimum atomic E-state index is -0.502. The van der Waals surface area contributed by atoms with Crippen molar-refractivity contribution in [2.24, 2.45) is 5.73 Å². The summed E-state index contributed by atoms with van der Waals surface area (Å²) in [6, 6.07) is 8.55. The van der Waals surface area contributed by atoms with E-state index >= 15 is 0 Å². The third-order valence-electron chi connectivity index (χ3n) is 2.26. The molecule has 3 nitrogen and oxygen atoms in total. The number of hydrogen-bond donors (Lipinski definition) is 1. The number of hydrogen-bond acceptors (Lipinski definition) is 2. The van der Waals surface area contributed by atoms with E-state index in [1.165, 1.54) is 6.20 Å². The lowest BCUT2D eigenvalue weighted by molar-refractivity contribution is 0.1000. The molecule has 0 radical (unpaired) electrons. The van der Waals surface area contributed by atoms with E-state index in [2.05, 4.69) is 4.98 Å². The number of amides is 1. The maximum absolute atomic E-state index is 10.9. The lowest BCUT2D eigenvalue weighted by atomic mass is 10.1. The van der Waals surface area contributed by atoms with Gasteiger partial charge in [0.25, 0.3) is 0 Å². The van der Waals surface area contributed by atoms with Crippen molar-refractivity contribution >= 4 is 29.1 Å². The summed E-state index contributed by atoms with van der Waals surface area (Å²) in [6.07, 6.45) is 1.43. The highest BCUT2D eigenvalue weighted by atomic mass is 35.5. The molecule has 0 aliphatic heterocycles. The van der Waals surface area contributed by atoms with Crippen molar-refractivity contribution < 1.29 is 4.79 Å². The van der Waals surface area contributed by atoms with Gasteiger partial charge in [-0.15, -0.1) is 0 Å². The molecule has 0 bridgehead atoms. The fourth-order valence-corrected chi connectivity index (χ4v) is 1.66. The number of nitrogens with two attached hydrogens (primary N) is 1. The van der Waals surface area contributed by atoms with Crippen LogP contribution >= 0.6 is 23.2 Å². The van der Waals surface area contributed by atoms with Crippen LogP contribution in [0.3, 0.4) is 0 Å². The van der Waals surface area contributed by atoms with Gasteiger partial charge in [0.15, 0.2) is 0 Å². The van der Waals surface area contributed by atoms with Gasteiger partial charge in [0, 0.05) is 11.8 Å². The zero-order valence-electron chi connectivity index (χ0n) is 8.65. The van der Waals surface area contributed by atoms with Gasteiger partial charge in [0.2, 0.25) is 5.91 Å². The van der Waals surface area contributed by atoms with Gasteiger partial charge in [-0.3, -0.25) is 9.78 Å². The summed E-state index contributed by atoms with van der Waals surface area (Å²) < 4.78 is 0. The minimum Gasteiger partial charge on any atom is -0.366 e. The molecule has 5 heteroatoms. The van der Waals surface area contributed by atoms with Crippen LogP contribution in [0.1, 0.15) is 10.4 Å². The van der Waals surface area contributed by atoms with Gasteiger partial charge in [0.1, 0.15) is 0 Å². The summed E-state index contributed by atoms with van der Waals surface area (Å²) in [5.74, 6) is -0.502. The van der Waals surface area contributed by atoms with E-state index in [4.69, 9.17) is 28.9 Å². The number of primary amides is 1. The lowest BCUT2D eigenvalue weighted by Gasteiger charge is -2.03. The first-order valence-electron chi connectivity index (χ1n) is 4.79. The molecule has 2 N–H and O–H groups in total. The normalized spacial score (nSPS) is 10.2. The maximum atomic E-state index is 10.9. The molecule has 1 amide bonds. The number of halogens is 2. The van der Waals surface area contributed by atoms with Gasteiger partial charge in [-0.2, -0.15) is 0 Å². The quantitative estimate of drug-likeness (QED) is 0.908. The molecule has 86 valence electrons. The fraction of sp³-hybridized carbons (Fsp3) is 0. The van der Waals surface area contributed by atoms with Gasteiger partial charge >= 0.3 is 0 Å². The Balaban J connectivity index is 2.39. The molecule has 0 saturated carbocycles. The zero-order valence-corrected chi connectivity index (χ0v) is 10.2. The van der Waals surface area contributed by atoms with E-state index in [1.807, 2.05) is 0 Å². The molecule has 1 aromatic carbocycles. The lowest BCUT2D eigenvalue weighted by Crippen LogP contribution is -2.10. The van der Waals surface area contributed by atoms with E-state index < -0.39 is 5.91 Å². The van der Waals surface area contributed by atoms with Crippen molar-refractivity contribution in [3.8, 4) is 11.3 Å². The monoisotopic (exact) mass is 266 g/mol. The van der Waals surface area contributed by atoms with Crippen molar-refractivity contribution in [1.29, 1.82) is 0 Å².